The maximum atomic E-state index is 12.1. The zero-order valence-electron chi connectivity index (χ0n) is 12.3. The van der Waals surface area contributed by atoms with E-state index in [1.54, 1.807) is 0 Å². The van der Waals surface area contributed by atoms with Crippen LogP contribution in [-0.2, 0) is 9.59 Å². The Hall–Kier alpha value is -1.68. The van der Waals surface area contributed by atoms with Gasteiger partial charge in [0.15, 0.2) is 0 Å². The van der Waals surface area contributed by atoms with E-state index in [0.29, 0.717) is 12.5 Å². The zero-order chi connectivity index (χ0) is 14.7. The summed E-state index contributed by atoms with van der Waals surface area (Å²) in [6, 6.07) is 9.74. The number of carbonyl (C=O) groups is 2. The van der Waals surface area contributed by atoms with Crippen LogP contribution in [0.5, 0.6) is 0 Å². The summed E-state index contributed by atoms with van der Waals surface area (Å²) in [6.07, 6.45) is 0.276. The van der Waals surface area contributed by atoms with E-state index in [1.807, 2.05) is 32.0 Å². The largest absolute Gasteiger partial charge is 0.305 e. The highest BCUT2D eigenvalue weighted by Crippen LogP contribution is 2.18. The van der Waals surface area contributed by atoms with Crippen molar-refractivity contribution >= 4 is 11.8 Å². The van der Waals surface area contributed by atoms with Crippen molar-refractivity contribution in [3.05, 3.63) is 35.9 Å². The minimum Gasteiger partial charge on any atom is -0.305 e. The molecule has 0 radical (unpaired) electrons. The first-order chi connectivity index (χ1) is 9.50. The normalized spacial score (nSPS) is 20.8. The number of rotatable bonds is 5. The quantitative estimate of drug-likeness (QED) is 0.835. The Bertz CT molecular complexity index is 485. The summed E-state index contributed by atoms with van der Waals surface area (Å²) in [6.45, 7) is 6.54. The first kappa shape index (κ1) is 14.7. The van der Waals surface area contributed by atoms with Gasteiger partial charge in [-0.3, -0.25) is 14.5 Å². The Labute approximate surface area is 120 Å². The lowest BCUT2D eigenvalue weighted by molar-refractivity contribution is -0.140. The number of likely N-dealkylation sites (tertiary alicyclic amines) is 1. The Morgan fingerprint density at radius 1 is 1.20 bits per heavy atom. The molecule has 1 N–H and O–H groups in total. The minimum atomic E-state index is -0.365. The number of hydrogen-bond donors (Lipinski definition) is 1. The molecule has 1 heterocycles. The van der Waals surface area contributed by atoms with Gasteiger partial charge in [-0.05, 0) is 25.3 Å². The lowest BCUT2D eigenvalue weighted by atomic mass is 10.0. The highest BCUT2D eigenvalue weighted by atomic mass is 16.2. The first-order valence-corrected chi connectivity index (χ1v) is 7.15. The van der Waals surface area contributed by atoms with Gasteiger partial charge in [-0.2, -0.15) is 0 Å². The van der Waals surface area contributed by atoms with Gasteiger partial charge in [0, 0.05) is 12.6 Å². The van der Waals surface area contributed by atoms with Gasteiger partial charge < -0.3 is 5.32 Å². The summed E-state index contributed by atoms with van der Waals surface area (Å²) in [4.78, 5) is 25.3. The molecule has 0 aliphatic carbocycles. The summed E-state index contributed by atoms with van der Waals surface area (Å²) in [5, 5.41) is 3.23. The van der Waals surface area contributed by atoms with Crippen LogP contribution in [0.3, 0.4) is 0 Å². The number of benzene rings is 1. The SMILES string of the molecule is CC(CNC1CC(=O)N(C(C)C)C1=O)c1ccccc1. The average molecular weight is 274 g/mol. The topological polar surface area (TPSA) is 49.4 Å². The molecule has 1 aliphatic heterocycles. The highest BCUT2D eigenvalue weighted by molar-refractivity contribution is 6.05. The molecule has 1 fully saturated rings. The maximum Gasteiger partial charge on any atom is 0.247 e. The van der Waals surface area contributed by atoms with E-state index in [0.717, 1.165) is 0 Å². The van der Waals surface area contributed by atoms with Crippen molar-refractivity contribution in [1.82, 2.24) is 10.2 Å². The van der Waals surface area contributed by atoms with Gasteiger partial charge in [-0.25, -0.2) is 0 Å². The van der Waals surface area contributed by atoms with E-state index in [9.17, 15) is 9.59 Å². The van der Waals surface area contributed by atoms with E-state index < -0.39 is 0 Å². The number of amides is 2. The fourth-order valence-electron chi connectivity index (χ4n) is 2.57. The number of carbonyl (C=O) groups excluding carboxylic acids is 2. The third kappa shape index (κ3) is 3.07. The fourth-order valence-corrected chi connectivity index (χ4v) is 2.57. The van der Waals surface area contributed by atoms with Gasteiger partial charge in [0.1, 0.15) is 0 Å². The van der Waals surface area contributed by atoms with Crippen LogP contribution in [0, 0.1) is 0 Å². The van der Waals surface area contributed by atoms with E-state index in [2.05, 4.69) is 24.4 Å². The van der Waals surface area contributed by atoms with Gasteiger partial charge in [0.2, 0.25) is 11.8 Å². The predicted molar refractivity (Wildman–Crippen MR) is 78.3 cm³/mol. The standard InChI is InChI=1S/C16H22N2O2/c1-11(2)18-15(19)9-14(16(18)20)17-10-12(3)13-7-5-4-6-8-13/h4-8,11-12,14,17H,9-10H2,1-3H3. The molecular weight excluding hydrogens is 252 g/mol. The van der Waals surface area contributed by atoms with Crippen molar-refractivity contribution in [3.63, 3.8) is 0 Å². The molecule has 2 atom stereocenters. The second-order valence-electron chi connectivity index (χ2n) is 5.67. The molecule has 0 bridgehead atoms. The third-order valence-corrected chi connectivity index (χ3v) is 3.74. The van der Waals surface area contributed by atoms with Gasteiger partial charge in [0.25, 0.3) is 0 Å². The fraction of sp³-hybridized carbons (Fsp3) is 0.500. The predicted octanol–water partition coefficient (Wildman–Crippen LogP) is 1.92. The lowest BCUT2D eigenvalue weighted by Gasteiger charge is -2.20. The van der Waals surface area contributed by atoms with E-state index >= 15 is 0 Å². The molecule has 0 spiro atoms. The van der Waals surface area contributed by atoms with Gasteiger partial charge in [-0.1, -0.05) is 37.3 Å². The molecule has 108 valence electrons. The molecule has 1 saturated heterocycles. The summed E-state index contributed by atoms with van der Waals surface area (Å²) in [5.41, 5.74) is 1.23. The van der Waals surface area contributed by atoms with Gasteiger partial charge in [0.05, 0.1) is 12.5 Å². The summed E-state index contributed by atoms with van der Waals surface area (Å²) < 4.78 is 0. The Balaban J connectivity index is 1.92. The van der Waals surface area contributed by atoms with Gasteiger partial charge in [-0.15, -0.1) is 0 Å². The molecule has 4 nitrogen and oxygen atoms in total. The summed E-state index contributed by atoms with van der Waals surface area (Å²) in [5.74, 6) is 0.146. The average Bonchev–Trinajstić information content (AvgIpc) is 2.71. The third-order valence-electron chi connectivity index (χ3n) is 3.74. The van der Waals surface area contributed by atoms with E-state index in [1.165, 1.54) is 10.5 Å². The van der Waals surface area contributed by atoms with Gasteiger partial charge >= 0.3 is 0 Å². The molecule has 1 aromatic rings. The molecule has 2 amide bonds. The number of nitrogens with one attached hydrogen (secondary N) is 1. The molecule has 2 rings (SSSR count). The number of nitrogens with zero attached hydrogens (tertiary/aromatic N) is 1. The number of imide groups is 1. The maximum absolute atomic E-state index is 12.1. The van der Waals surface area contributed by atoms with Crippen LogP contribution < -0.4 is 5.32 Å². The second kappa shape index (κ2) is 6.18. The van der Waals surface area contributed by atoms with Crippen molar-refractivity contribution in [2.24, 2.45) is 0 Å². The van der Waals surface area contributed by atoms with Crippen LogP contribution in [0.15, 0.2) is 30.3 Å². The monoisotopic (exact) mass is 274 g/mol. The molecule has 1 aliphatic rings. The zero-order valence-corrected chi connectivity index (χ0v) is 12.3. The first-order valence-electron chi connectivity index (χ1n) is 7.15. The molecule has 20 heavy (non-hydrogen) atoms. The van der Waals surface area contributed by atoms with Crippen LogP contribution in [0.1, 0.15) is 38.7 Å². The Kier molecular flexibility index (Phi) is 4.55. The Morgan fingerprint density at radius 3 is 2.40 bits per heavy atom. The molecular formula is C16H22N2O2. The van der Waals surface area contributed by atoms with Crippen molar-refractivity contribution in [3.8, 4) is 0 Å². The van der Waals surface area contributed by atoms with E-state index in [4.69, 9.17) is 0 Å². The number of hydrogen-bond acceptors (Lipinski definition) is 3. The molecule has 2 unspecified atom stereocenters. The van der Waals surface area contributed by atoms with E-state index in [-0.39, 0.29) is 30.3 Å². The summed E-state index contributed by atoms with van der Waals surface area (Å²) in [7, 11) is 0. The highest BCUT2D eigenvalue weighted by Gasteiger charge is 2.39. The van der Waals surface area contributed by atoms with Crippen molar-refractivity contribution < 1.29 is 9.59 Å². The van der Waals surface area contributed by atoms with Crippen LogP contribution in [0.2, 0.25) is 0 Å². The second-order valence-corrected chi connectivity index (χ2v) is 5.67. The van der Waals surface area contributed by atoms with Crippen molar-refractivity contribution in [1.29, 1.82) is 0 Å². The van der Waals surface area contributed by atoms with Crippen molar-refractivity contribution in [2.45, 2.75) is 45.2 Å². The molecule has 4 heteroatoms. The smallest absolute Gasteiger partial charge is 0.247 e. The van der Waals surface area contributed by atoms with Crippen LogP contribution in [0.25, 0.3) is 0 Å². The van der Waals surface area contributed by atoms with Crippen LogP contribution >= 0.6 is 0 Å². The van der Waals surface area contributed by atoms with Crippen LogP contribution in [-0.4, -0.2) is 35.3 Å². The minimum absolute atomic E-state index is 0.0617. The van der Waals surface area contributed by atoms with Crippen molar-refractivity contribution in [2.75, 3.05) is 6.54 Å². The molecule has 0 saturated carbocycles. The van der Waals surface area contributed by atoms with Crippen LogP contribution in [0.4, 0.5) is 0 Å². The lowest BCUT2D eigenvalue weighted by Crippen LogP contribution is -2.42. The Morgan fingerprint density at radius 2 is 1.85 bits per heavy atom. The molecule has 1 aromatic carbocycles. The summed E-state index contributed by atoms with van der Waals surface area (Å²) >= 11 is 0. The molecule has 0 aromatic heterocycles.